The molecule has 0 saturated carbocycles. The smallest absolute Gasteiger partial charge is 0.178 e. The summed E-state index contributed by atoms with van der Waals surface area (Å²) in [5.74, 6) is 0.844. The van der Waals surface area contributed by atoms with Gasteiger partial charge in [-0.2, -0.15) is 0 Å². The van der Waals surface area contributed by atoms with Crippen molar-refractivity contribution < 1.29 is 8.83 Å². The van der Waals surface area contributed by atoms with Crippen LogP contribution in [0, 0.1) is 6.92 Å². The highest BCUT2D eigenvalue weighted by Crippen LogP contribution is 2.41. The molecular formula is C49H32O2. The zero-order chi connectivity index (χ0) is 34.1. The summed E-state index contributed by atoms with van der Waals surface area (Å²) in [5.41, 5.74) is 10.3. The van der Waals surface area contributed by atoms with Crippen molar-refractivity contribution in [2.24, 2.45) is 0 Å². The van der Waals surface area contributed by atoms with Gasteiger partial charge < -0.3 is 8.83 Å². The standard InChI is InChI=1S/C49H32O2/c1-3-31(35-20-19-32-11-4-5-12-33(32)25-35)27-44-30(2)50-48-42(44)22-23-43-46-28-36(21-24-47(46)51-49(43)48)34-14-10-15-37(26-34)45-29-38-13-6-7-16-39(38)40-17-8-9-18-41(40)45/h3-29H,1H2,2H3/b31-27+. The van der Waals surface area contributed by atoms with Crippen molar-refractivity contribution in [1.82, 2.24) is 0 Å². The fourth-order valence-electron chi connectivity index (χ4n) is 7.83. The first-order valence-corrected chi connectivity index (χ1v) is 17.4. The summed E-state index contributed by atoms with van der Waals surface area (Å²) in [6.45, 7) is 6.17. The lowest BCUT2D eigenvalue weighted by molar-refractivity contribution is 0.568. The molecule has 0 unspecified atom stereocenters. The predicted molar refractivity (Wildman–Crippen MR) is 216 cm³/mol. The molecule has 2 heterocycles. The lowest BCUT2D eigenvalue weighted by atomic mass is 9.91. The van der Waals surface area contributed by atoms with Crippen molar-refractivity contribution in [2.45, 2.75) is 6.92 Å². The molecule has 0 amide bonds. The van der Waals surface area contributed by atoms with Crippen LogP contribution in [0.25, 0.3) is 99.1 Å². The molecule has 0 bridgehead atoms. The average molecular weight is 653 g/mol. The Morgan fingerprint density at radius 3 is 2.06 bits per heavy atom. The van der Waals surface area contributed by atoms with Crippen LogP contribution < -0.4 is 0 Å². The van der Waals surface area contributed by atoms with Crippen molar-refractivity contribution in [2.75, 3.05) is 0 Å². The number of allylic oxidation sites excluding steroid dienone is 2. The maximum atomic E-state index is 6.54. The molecule has 0 saturated heterocycles. The van der Waals surface area contributed by atoms with Gasteiger partial charge in [0.2, 0.25) is 0 Å². The van der Waals surface area contributed by atoms with E-state index in [0.717, 1.165) is 66.5 Å². The molecule has 10 aromatic rings. The van der Waals surface area contributed by atoms with Crippen LogP contribution in [-0.2, 0) is 0 Å². The van der Waals surface area contributed by atoms with Crippen LogP contribution in [0.5, 0.6) is 0 Å². The van der Waals surface area contributed by atoms with Crippen LogP contribution in [0.2, 0.25) is 0 Å². The zero-order valence-electron chi connectivity index (χ0n) is 28.1. The molecule has 0 aliphatic carbocycles. The summed E-state index contributed by atoms with van der Waals surface area (Å²) in [7, 11) is 0. The third kappa shape index (κ3) is 4.72. The Morgan fingerprint density at radius 1 is 0.490 bits per heavy atom. The average Bonchev–Trinajstić information content (AvgIpc) is 3.72. The number of aryl methyl sites for hydroxylation is 1. The molecule has 0 aliphatic heterocycles. The molecule has 10 rings (SSSR count). The number of furan rings is 2. The molecular weight excluding hydrogens is 621 g/mol. The predicted octanol–water partition coefficient (Wildman–Crippen LogP) is 14.2. The van der Waals surface area contributed by atoms with Crippen molar-refractivity contribution in [3.05, 3.63) is 181 Å². The van der Waals surface area contributed by atoms with Crippen LogP contribution >= 0.6 is 0 Å². The summed E-state index contributed by atoms with van der Waals surface area (Å²) < 4.78 is 13.0. The minimum absolute atomic E-state index is 0.765. The maximum absolute atomic E-state index is 6.54. The summed E-state index contributed by atoms with van der Waals surface area (Å²) in [4.78, 5) is 0. The van der Waals surface area contributed by atoms with Gasteiger partial charge in [-0.1, -0.05) is 122 Å². The number of benzene rings is 8. The van der Waals surface area contributed by atoms with Gasteiger partial charge in [0.15, 0.2) is 11.2 Å². The van der Waals surface area contributed by atoms with Gasteiger partial charge in [0.05, 0.1) is 0 Å². The van der Waals surface area contributed by atoms with Gasteiger partial charge in [-0.15, -0.1) is 0 Å². The lowest BCUT2D eigenvalue weighted by Gasteiger charge is -2.12. The quantitative estimate of drug-likeness (QED) is 0.137. The third-order valence-electron chi connectivity index (χ3n) is 10.4. The van der Waals surface area contributed by atoms with E-state index in [4.69, 9.17) is 8.83 Å². The Kier molecular flexibility index (Phi) is 6.59. The molecule has 0 aliphatic rings. The summed E-state index contributed by atoms with van der Waals surface area (Å²) in [6, 6.07) is 54.3. The molecule has 0 N–H and O–H groups in total. The third-order valence-corrected chi connectivity index (χ3v) is 10.4. The summed E-state index contributed by atoms with van der Waals surface area (Å²) >= 11 is 0. The largest absolute Gasteiger partial charge is 0.457 e. The van der Waals surface area contributed by atoms with Crippen molar-refractivity contribution in [3.63, 3.8) is 0 Å². The molecule has 8 aromatic carbocycles. The minimum atomic E-state index is 0.765. The van der Waals surface area contributed by atoms with Crippen molar-refractivity contribution in [1.29, 1.82) is 0 Å². The Balaban J connectivity index is 1.07. The van der Waals surface area contributed by atoms with Crippen LogP contribution in [-0.4, -0.2) is 0 Å². The minimum Gasteiger partial charge on any atom is -0.457 e. The van der Waals surface area contributed by atoms with E-state index in [0.29, 0.717) is 0 Å². The van der Waals surface area contributed by atoms with Gasteiger partial charge in [-0.25, -0.2) is 0 Å². The molecule has 0 atom stereocenters. The second-order valence-corrected chi connectivity index (χ2v) is 13.3. The van der Waals surface area contributed by atoms with Crippen LogP contribution in [0.3, 0.4) is 0 Å². The number of rotatable bonds is 5. The van der Waals surface area contributed by atoms with Gasteiger partial charge in [0, 0.05) is 21.7 Å². The normalized spacial score (nSPS) is 12.2. The van der Waals surface area contributed by atoms with Gasteiger partial charge >= 0.3 is 0 Å². The van der Waals surface area contributed by atoms with Gasteiger partial charge in [-0.3, -0.25) is 0 Å². The molecule has 0 spiro atoms. The van der Waals surface area contributed by atoms with Crippen LogP contribution in [0.15, 0.2) is 173 Å². The molecule has 2 nitrogen and oxygen atoms in total. The van der Waals surface area contributed by atoms with E-state index in [1.54, 1.807) is 0 Å². The number of fused-ring (bicyclic) bond motifs is 9. The SMILES string of the molecule is C=C/C(=C\c1c(C)oc2c1ccc1c3cc(-c4cccc(-c5cc6ccccc6c6ccccc56)c4)ccc3oc12)c1ccc2ccccc2c1. The first kappa shape index (κ1) is 29.3. The van der Waals surface area contributed by atoms with E-state index in [2.05, 4.69) is 164 Å². The molecule has 240 valence electrons. The van der Waals surface area contributed by atoms with E-state index in [-0.39, 0.29) is 0 Å². The van der Waals surface area contributed by atoms with E-state index in [1.165, 1.54) is 43.4 Å². The van der Waals surface area contributed by atoms with E-state index in [9.17, 15) is 0 Å². The molecule has 51 heavy (non-hydrogen) atoms. The van der Waals surface area contributed by atoms with Gasteiger partial charge in [-0.05, 0) is 121 Å². The number of hydrogen-bond acceptors (Lipinski definition) is 2. The molecule has 2 aromatic heterocycles. The molecule has 0 fully saturated rings. The summed E-state index contributed by atoms with van der Waals surface area (Å²) in [5, 5.41) is 10.6. The first-order valence-electron chi connectivity index (χ1n) is 17.4. The summed E-state index contributed by atoms with van der Waals surface area (Å²) in [6.07, 6.45) is 4.09. The topological polar surface area (TPSA) is 26.3 Å². The Bertz CT molecular complexity index is 3060. The lowest BCUT2D eigenvalue weighted by Crippen LogP contribution is -1.86. The monoisotopic (exact) mass is 652 g/mol. The van der Waals surface area contributed by atoms with Crippen LogP contribution in [0.1, 0.15) is 16.9 Å². The second kappa shape index (κ2) is 11.5. The highest BCUT2D eigenvalue weighted by atomic mass is 16.4. The second-order valence-electron chi connectivity index (χ2n) is 13.3. The van der Waals surface area contributed by atoms with E-state index >= 15 is 0 Å². The number of hydrogen-bond donors (Lipinski definition) is 0. The molecule has 0 radical (unpaired) electrons. The van der Waals surface area contributed by atoms with E-state index < -0.39 is 0 Å². The Labute approximate surface area is 295 Å². The van der Waals surface area contributed by atoms with Crippen molar-refractivity contribution in [3.8, 4) is 22.3 Å². The zero-order valence-corrected chi connectivity index (χ0v) is 28.1. The maximum Gasteiger partial charge on any atom is 0.178 e. The van der Waals surface area contributed by atoms with Crippen LogP contribution in [0.4, 0.5) is 0 Å². The fourth-order valence-corrected chi connectivity index (χ4v) is 7.83. The molecule has 2 heteroatoms. The van der Waals surface area contributed by atoms with Gasteiger partial charge in [0.1, 0.15) is 11.3 Å². The van der Waals surface area contributed by atoms with E-state index in [1.807, 2.05) is 13.0 Å². The first-order chi connectivity index (χ1) is 25.1. The Hall–Kier alpha value is -6.64. The highest BCUT2D eigenvalue weighted by molar-refractivity contribution is 6.16. The highest BCUT2D eigenvalue weighted by Gasteiger charge is 2.18. The fraction of sp³-hybridized carbons (Fsp3) is 0.0204. The Morgan fingerprint density at radius 2 is 1.20 bits per heavy atom. The van der Waals surface area contributed by atoms with Crippen molar-refractivity contribution >= 4 is 76.9 Å². The van der Waals surface area contributed by atoms with Gasteiger partial charge in [0.25, 0.3) is 0 Å².